The molecule has 1 aliphatic rings. The van der Waals surface area contributed by atoms with Crippen LogP contribution in [0, 0.1) is 16.7 Å². The van der Waals surface area contributed by atoms with E-state index in [9.17, 15) is 10.1 Å². The van der Waals surface area contributed by atoms with E-state index in [1.807, 2.05) is 4.90 Å². The summed E-state index contributed by atoms with van der Waals surface area (Å²) in [7, 11) is 5.55. The van der Waals surface area contributed by atoms with Crippen molar-refractivity contribution in [1.29, 1.82) is 5.26 Å². The molecule has 102 valence electrons. The fourth-order valence-corrected chi connectivity index (χ4v) is 2.21. The summed E-state index contributed by atoms with van der Waals surface area (Å²) in [6.07, 6.45) is 3.91. The van der Waals surface area contributed by atoms with Crippen molar-refractivity contribution < 1.29 is 9.53 Å². The second-order valence-electron chi connectivity index (χ2n) is 4.72. The molecule has 1 aromatic rings. The Hall–Kier alpha value is -2.10. The summed E-state index contributed by atoms with van der Waals surface area (Å²) in [5.41, 5.74) is -0.538. The van der Waals surface area contributed by atoms with E-state index in [4.69, 9.17) is 12.6 Å². The highest BCUT2D eigenvalue weighted by atomic mass is 16.5. The molecule has 6 nitrogen and oxygen atoms in total. The minimum absolute atomic E-state index is 0.285. The highest BCUT2D eigenvalue weighted by Crippen LogP contribution is 2.33. The van der Waals surface area contributed by atoms with Crippen molar-refractivity contribution in [2.24, 2.45) is 5.41 Å². The molecular weight excluding hydrogens is 255 g/mol. The molecule has 1 aromatic heterocycles. The van der Waals surface area contributed by atoms with E-state index in [2.05, 4.69) is 16.0 Å². The van der Waals surface area contributed by atoms with Gasteiger partial charge in [0.15, 0.2) is 5.41 Å². The maximum absolute atomic E-state index is 11.9. The first-order valence-electron chi connectivity index (χ1n) is 6.52. The summed E-state index contributed by atoms with van der Waals surface area (Å²) < 4.78 is 5.00. The van der Waals surface area contributed by atoms with Crippen LogP contribution in [0.5, 0.6) is 0 Å². The number of carbonyl (C=O) groups excluding carboxylic acids is 1. The lowest BCUT2D eigenvalue weighted by Crippen LogP contribution is -2.45. The fourth-order valence-electron chi connectivity index (χ4n) is 2.21. The molecule has 0 aliphatic carbocycles. The summed E-state index contributed by atoms with van der Waals surface area (Å²) in [4.78, 5) is 22.2. The first kappa shape index (κ1) is 14.3. The van der Waals surface area contributed by atoms with Gasteiger partial charge in [-0.25, -0.2) is 9.97 Å². The second kappa shape index (κ2) is 5.91. The lowest BCUT2D eigenvalue weighted by atomic mass is 9.80. The predicted octanol–water partition coefficient (Wildman–Crippen LogP) is -0.0563. The molecule has 0 amide bonds. The average Bonchev–Trinajstić information content (AvgIpc) is 2.48. The van der Waals surface area contributed by atoms with Crippen molar-refractivity contribution in [1.82, 2.24) is 9.97 Å². The van der Waals surface area contributed by atoms with Crippen LogP contribution in [0.3, 0.4) is 0 Å². The Balaban J connectivity index is 2.06. The molecule has 2 radical (unpaired) electrons. The number of esters is 1. The van der Waals surface area contributed by atoms with Crippen LogP contribution in [0.1, 0.15) is 19.8 Å². The van der Waals surface area contributed by atoms with Crippen LogP contribution in [0.25, 0.3) is 0 Å². The molecule has 0 saturated carbocycles. The van der Waals surface area contributed by atoms with Gasteiger partial charge in [0.2, 0.25) is 5.95 Å². The summed E-state index contributed by atoms with van der Waals surface area (Å²) in [5, 5.41) is 9.31. The Labute approximate surface area is 119 Å². The van der Waals surface area contributed by atoms with Crippen molar-refractivity contribution in [3.05, 3.63) is 12.4 Å². The van der Waals surface area contributed by atoms with Crippen molar-refractivity contribution in [2.75, 3.05) is 24.6 Å². The largest absolute Gasteiger partial charge is 0.465 e. The maximum Gasteiger partial charge on any atom is 0.326 e. The first-order chi connectivity index (χ1) is 9.61. The zero-order valence-corrected chi connectivity index (χ0v) is 11.4. The summed E-state index contributed by atoms with van der Waals surface area (Å²) in [6, 6.07) is 2.12. The minimum Gasteiger partial charge on any atom is -0.465 e. The van der Waals surface area contributed by atoms with Gasteiger partial charge in [-0.3, -0.25) is 4.79 Å². The molecule has 0 bridgehead atoms. The molecular formula is C13H15BN4O2. The molecule has 0 spiro atoms. The highest BCUT2D eigenvalue weighted by molar-refractivity contribution is 6.31. The van der Waals surface area contributed by atoms with Gasteiger partial charge in [0.05, 0.1) is 12.7 Å². The second-order valence-corrected chi connectivity index (χ2v) is 4.72. The van der Waals surface area contributed by atoms with Crippen molar-refractivity contribution in [2.45, 2.75) is 19.8 Å². The third-order valence-corrected chi connectivity index (χ3v) is 3.44. The molecule has 2 rings (SSSR count). The fraction of sp³-hybridized carbons (Fsp3) is 0.538. The predicted molar refractivity (Wildman–Crippen MR) is 73.5 cm³/mol. The molecule has 20 heavy (non-hydrogen) atoms. The third kappa shape index (κ3) is 2.74. The summed E-state index contributed by atoms with van der Waals surface area (Å²) in [5.74, 6) is 0.134. The van der Waals surface area contributed by atoms with Crippen LogP contribution < -0.4 is 10.4 Å². The monoisotopic (exact) mass is 270 g/mol. The molecule has 1 aliphatic heterocycles. The molecule has 0 atom stereocenters. The minimum atomic E-state index is -1.04. The first-order valence-corrected chi connectivity index (χ1v) is 6.52. The van der Waals surface area contributed by atoms with E-state index < -0.39 is 11.4 Å². The van der Waals surface area contributed by atoms with E-state index in [-0.39, 0.29) is 6.61 Å². The average molecular weight is 270 g/mol. The third-order valence-electron chi connectivity index (χ3n) is 3.44. The van der Waals surface area contributed by atoms with Gasteiger partial charge in [-0.15, -0.1) is 0 Å². The Kier molecular flexibility index (Phi) is 4.23. The van der Waals surface area contributed by atoms with Crippen LogP contribution >= 0.6 is 0 Å². The Morgan fingerprint density at radius 1 is 1.50 bits per heavy atom. The van der Waals surface area contributed by atoms with Crippen molar-refractivity contribution >= 4 is 25.2 Å². The standard InChI is InChI=1S/C13H15BN4O2/c1-2-20-11(19)13(9-15)3-5-18(6-4-13)12-16-7-10(14)8-17-12/h7-8H,2-6H2,1H3. The number of piperidine rings is 1. The maximum atomic E-state index is 11.9. The molecule has 2 heterocycles. The van der Waals surface area contributed by atoms with Gasteiger partial charge in [0.1, 0.15) is 7.85 Å². The van der Waals surface area contributed by atoms with Crippen LogP contribution in [0.4, 0.5) is 5.95 Å². The lowest BCUT2D eigenvalue weighted by Gasteiger charge is -2.35. The molecule has 0 N–H and O–H groups in total. The van der Waals surface area contributed by atoms with E-state index in [0.717, 1.165) is 0 Å². The summed E-state index contributed by atoms with van der Waals surface area (Å²) in [6.45, 7) is 3.10. The number of hydrogen-bond donors (Lipinski definition) is 0. The van der Waals surface area contributed by atoms with Crippen molar-refractivity contribution in [3.8, 4) is 6.07 Å². The highest BCUT2D eigenvalue weighted by Gasteiger charge is 2.43. The molecule has 1 fully saturated rings. The molecule has 7 heteroatoms. The van der Waals surface area contributed by atoms with Gasteiger partial charge >= 0.3 is 5.97 Å². The SMILES string of the molecule is [B]c1cnc(N2CCC(C#N)(C(=O)OCC)CC2)nc1. The van der Waals surface area contributed by atoms with E-state index in [1.165, 1.54) is 0 Å². The van der Waals surface area contributed by atoms with Crippen molar-refractivity contribution in [3.63, 3.8) is 0 Å². The quantitative estimate of drug-likeness (QED) is 0.565. The number of ether oxygens (including phenoxy) is 1. The number of carbonyl (C=O) groups is 1. The number of nitrogens with zero attached hydrogens (tertiary/aromatic N) is 4. The van der Waals surface area contributed by atoms with Gasteiger partial charge in [-0.1, -0.05) is 5.46 Å². The van der Waals surface area contributed by atoms with Crippen LogP contribution in [0.15, 0.2) is 12.4 Å². The number of rotatable bonds is 3. The topological polar surface area (TPSA) is 79.1 Å². The van der Waals surface area contributed by atoms with E-state index in [0.29, 0.717) is 37.3 Å². The number of hydrogen-bond acceptors (Lipinski definition) is 6. The normalized spacial score (nSPS) is 17.3. The van der Waals surface area contributed by atoms with Gasteiger partial charge in [-0.2, -0.15) is 5.26 Å². The van der Waals surface area contributed by atoms with Crippen LogP contribution in [-0.4, -0.2) is 43.5 Å². The number of anilines is 1. The molecule has 0 aromatic carbocycles. The Morgan fingerprint density at radius 3 is 2.60 bits per heavy atom. The van der Waals surface area contributed by atoms with E-state index in [1.54, 1.807) is 19.3 Å². The van der Waals surface area contributed by atoms with E-state index >= 15 is 0 Å². The van der Waals surface area contributed by atoms with Crippen LogP contribution in [-0.2, 0) is 9.53 Å². The van der Waals surface area contributed by atoms with Gasteiger partial charge in [0, 0.05) is 25.5 Å². The lowest BCUT2D eigenvalue weighted by molar-refractivity contribution is -0.153. The van der Waals surface area contributed by atoms with Crippen LogP contribution in [0.2, 0.25) is 0 Å². The van der Waals surface area contributed by atoms with Gasteiger partial charge in [-0.05, 0) is 19.8 Å². The number of nitriles is 1. The summed E-state index contributed by atoms with van der Waals surface area (Å²) >= 11 is 0. The Bertz CT molecular complexity index is 518. The zero-order chi connectivity index (χ0) is 14.6. The zero-order valence-electron chi connectivity index (χ0n) is 11.4. The molecule has 0 unspecified atom stereocenters. The van der Waals surface area contributed by atoms with Gasteiger partial charge in [0.25, 0.3) is 0 Å². The number of aromatic nitrogens is 2. The smallest absolute Gasteiger partial charge is 0.326 e. The molecule has 1 saturated heterocycles. The van der Waals surface area contributed by atoms with Gasteiger partial charge < -0.3 is 9.64 Å². The Morgan fingerprint density at radius 2 is 2.10 bits per heavy atom.